The minimum Gasteiger partial charge on any atom is -0.339 e. The lowest BCUT2D eigenvalue weighted by Crippen LogP contribution is -2.59. The lowest BCUT2D eigenvalue weighted by molar-refractivity contribution is -0.0891. The highest BCUT2D eigenvalue weighted by molar-refractivity contribution is 7.89. The first-order chi connectivity index (χ1) is 16.4. The second-order valence-corrected chi connectivity index (χ2v) is 11.7. The van der Waals surface area contributed by atoms with Crippen molar-refractivity contribution >= 4 is 39.8 Å². The quantitative estimate of drug-likeness (QED) is 0.458. The molecule has 0 spiro atoms. The number of sulfonamides is 1. The highest BCUT2D eigenvalue weighted by atomic mass is 35.5. The number of aryl methyl sites for hydroxylation is 1. The molecule has 2 aliphatic rings. The molecule has 0 atom stereocenters. The summed E-state index contributed by atoms with van der Waals surface area (Å²) in [6, 6.07) is 3.85. The Morgan fingerprint density at radius 2 is 1.75 bits per heavy atom. The lowest BCUT2D eigenvalue weighted by Gasteiger charge is -2.50. The van der Waals surface area contributed by atoms with E-state index in [0.29, 0.717) is 13.1 Å². The van der Waals surface area contributed by atoms with Crippen molar-refractivity contribution in [2.24, 2.45) is 7.05 Å². The van der Waals surface area contributed by atoms with Crippen molar-refractivity contribution in [2.75, 3.05) is 26.2 Å². The van der Waals surface area contributed by atoms with E-state index in [1.165, 1.54) is 29.0 Å². The molecule has 7 nitrogen and oxygen atoms in total. The SMILES string of the molecule is Cl.Cn1cnc(S(=O)(=O)N2CCN(C3(CCC(=O)c4ccc(Cl)cc4F)CCC(F)(F)CC3)CC2)c1. The molecule has 1 aliphatic heterocycles. The molecule has 13 heteroatoms. The maximum Gasteiger partial charge on any atom is 0.262 e. The molecule has 2 fully saturated rings. The second kappa shape index (κ2) is 11.0. The Bertz CT molecular complexity index is 1190. The monoisotopic (exact) mass is 568 g/mol. The van der Waals surface area contributed by atoms with Crippen molar-refractivity contribution in [1.29, 1.82) is 0 Å². The van der Waals surface area contributed by atoms with Gasteiger partial charge < -0.3 is 4.57 Å². The number of aromatic nitrogens is 2. The van der Waals surface area contributed by atoms with E-state index in [0.717, 1.165) is 6.07 Å². The summed E-state index contributed by atoms with van der Waals surface area (Å²) >= 11 is 5.77. The van der Waals surface area contributed by atoms with E-state index >= 15 is 0 Å². The number of ketones is 1. The Labute approximate surface area is 220 Å². The molecule has 0 unspecified atom stereocenters. The maximum atomic E-state index is 14.2. The van der Waals surface area contributed by atoms with E-state index in [1.807, 2.05) is 4.90 Å². The smallest absolute Gasteiger partial charge is 0.262 e. The average Bonchev–Trinajstić information content (AvgIpc) is 3.26. The standard InChI is InChI=1S/C23H28ClF3N4O3S.ClH/c1-29-15-21(28-16-29)35(33,34)31-12-10-30(11-13-31)22(6-8-23(26,27)9-7-22)5-4-20(32)18-3-2-17(24)14-19(18)25;/h2-3,14-16H,4-13H2,1H3;1H. The number of Topliss-reactive ketones (excluding diaryl/α,β-unsaturated/α-hetero) is 1. The minimum absolute atomic E-state index is 0. The Morgan fingerprint density at radius 1 is 1.11 bits per heavy atom. The number of halogens is 5. The molecule has 200 valence electrons. The van der Waals surface area contributed by atoms with Gasteiger partial charge in [0.2, 0.25) is 5.92 Å². The van der Waals surface area contributed by atoms with Crippen LogP contribution in [0.3, 0.4) is 0 Å². The molecule has 1 aromatic carbocycles. The van der Waals surface area contributed by atoms with Crippen LogP contribution in [0.2, 0.25) is 5.02 Å². The molecular weight excluding hydrogens is 540 g/mol. The lowest BCUT2D eigenvalue weighted by atomic mass is 9.74. The molecule has 1 aromatic heterocycles. The molecule has 0 N–H and O–H groups in total. The van der Waals surface area contributed by atoms with Crippen molar-refractivity contribution in [2.45, 2.75) is 55.0 Å². The molecule has 0 amide bonds. The van der Waals surface area contributed by atoms with Crippen molar-refractivity contribution in [3.63, 3.8) is 0 Å². The van der Waals surface area contributed by atoms with E-state index in [9.17, 15) is 26.4 Å². The number of carbonyl (C=O) groups excluding carboxylic acids is 1. The summed E-state index contributed by atoms with van der Waals surface area (Å²) in [5.74, 6) is -3.88. The van der Waals surface area contributed by atoms with Gasteiger partial charge in [0.25, 0.3) is 10.0 Å². The first kappa shape index (κ1) is 28.9. The fourth-order valence-corrected chi connectivity index (χ4v) is 6.61. The third kappa shape index (κ3) is 6.07. The van der Waals surface area contributed by atoms with Gasteiger partial charge in [-0.1, -0.05) is 11.6 Å². The van der Waals surface area contributed by atoms with Crippen LogP contribution in [0.15, 0.2) is 35.7 Å². The molecule has 4 rings (SSSR count). The second-order valence-electron chi connectivity index (χ2n) is 9.40. The Balaban J connectivity index is 0.00000361. The Hall–Kier alpha value is -1.66. The summed E-state index contributed by atoms with van der Waals surface area (Å²) in [5, 5.41) is 0.152. The summed E-state index contributed by atoms with van der Waals surface area (Å²) in [5.41, 5.74) is -0.752. The predicted octanol–water partition coefficient (Wildman–Crippen LogP) is 4.55. The number of piperazine rings is 1. The molecule has 0 bridgehead atoms. The first-order valence-electron chi connectivity index (χ1n) is 11.5. The van der Waals surface area contributed by atoms with Crippen molar-refractivity contribution in [3.05, 3.63) is 47.1 Å². The van der Waals surface area contributed by atoms with Crippen LogP contribution in [-0.4, -0.2) is 70.6 Å². The van der Waals surface area contributed by atoms with Gasteiger partial charge in [-0.15, -0.1) is 12.4 Å². The topological polar surface area (TPSA) is 75.5 Å². The third-order valence-electron chi connectivity index (χ3n) is 7.16. The van der Waals surface area contributed by atoms with Crippen LogP contribution in [-0.2, 0) is 17.1 Å². The van der Waals surface area contributed by atoms with Gasteiger partial charge in [-0.25, -0.2) is 26.6 Å². The van der Waals surface area contributed by atoms with E-state index in [2.05, 4.69) is 4.98 Å². The number of benzene rings is 1. The van der Waals surface area contributed by atoms with Crippen LogP contribution in [0.5, 0.6) is 0 Å². The van der Waals surface area contributed by atoms with Crippen LogP contribution < -0.4 is 0 Å². The molecular formula is C23H29Cl2F3N4O3S. The van der Waals surface area contributed by atoms with Crippen LogP contribution in [0.4, 0.5) is 13.2 Å². The highest BCUT2D eigenvalue weighted by Crippen LogP contribution is 2.44. The molecule has 1 saturated carbocycles. The normalized spacial score (nSPS) is 20.6. The number of hydrogen-bond acceptors (Lipinski definition) is 5. The largest absolute Gasteiger partial charge is 0.339 e. The minimum atomic E-state index is -3.76. The zero-order chi connectivity index (χ0) is 25.4. The zero-order valence-corrected chi connectivity index (χ0v) is 22.2. The molecule has 36 heavy (non-hydrogen) atoms. The van der Waals surface area contributed by atoms with Gasteiger partial charge in [-0.2, -0.15) is 4.31 Å². The molecule has 2 heterocycles. The van der Waals surface area contributed by atoms with Crippen LogP contribution in [0, 0.1) is 5.82 Å². The van der Waals surface area contributed by atoms with E-state index in [4.69, 9.17) is 11.6 Å². The van der Waals surface area contributed by atoms with E-state index in [-0.39, 0.29) is 79.6 Å². The van der Waals surface area contributed by atoms with Gasteiger partial charge in [0.1, 0.15) is 5.82 Å². The summed E-state index contributed by atoms with van der Waals surface area (Å²) < 4.78 is 71.0. The van der Waals surface area contributed by atoms with Crippen LogP contribution in [0.25, 0.3) is 0 Å². The van der Waals surface area contributed by atoms with Gasteiger partial charge >= 0.3 is 0 Å². The van der Waals surface area contributed by atoms with Gasteiger partial charge in [-0.05, 0) is 37.5 Å². The Kier molecular flexibility index (Phi) is 8.82. The Morgan fingerprint density at radius 3 is 2.31 bits per heavy atom. The number of rotatable bonds is 7. The van der Waals surface area contributed by atoms with Gasteiger partial charge in [0.15, 0.2) is 10.8 Å². The maximum absolute atomic E-state index is 14.2. The summed E-state index contributed by atoms with van der Waals surface area (Å²) in [7, 11) is -2.07. The predicted molar refractivity (Wildman–Crippen MR) is 132 cm³/mol. The number of imidazole rings is 1. The van der Waals surface area contributed by atoms with Gasteiger partial charge in [0, 0.05) is 69.2 Å². The molecule has 1 saturated heterocycles. The average molecular weight is 569 g/mol. The van der Waals surface area contributed by atoms with E-state index in [1.54, 1.807) is 11.6 Å². The van der Waals surface area contributed by atoms with Crippen molar-refractivity contribution in [1.82, 2.24) is 18.8 Å². The number of hydrogen-bond donors (Lipinski definition) is 0. The molecule has 1 aliphatic carbocycles. The number of alkyl halides is 2. The molecule has 2 aromatic rings. The van der Waals surface area contributed by atoms with Crippen molar-refractivity contribution in [3.8, 4) is 0 Å². The van der Waals surface area contributed by atoms with Gasteiger partial charge in [-0.3, -0.25) is 9.69 Å². The fraction of sp³-hybridized carbons (Fsp3) is 0.565. The number of nitrogens with zero attached hydrogens (tertiary/aromatic N) is 4. The summed E-state index contributed by atoms with van der Waals surface area (Å²) in [6.07, 6.45) is 2.90. The van der Waals surface area contributed by atoms with Gasteiger partial charge in [0.05, 0.1) is 11.9 Å². The fourth-order valence-electron chi connectivity index (χ4n) is 5.06. The zero-order valence-electron chi connectivity index (χ0n) is 19.8. The number of carbonyl (C=O) groups is 1. The van der Waals surface area contributed by atoms with Crippen LogP contribution in [0.1, 0.15) is 48.9 Å². The van der Waals surface area contributed by atoms with Crippen molar-refractivity contribution < 1.29 is 26.4 Å². The summed E-state index contributed by atoms with van der Waals surface area (Å²) in [4.78, 5) is 18.8. The van der Waals surface area contributed by atoms with Crippen LogP contribution >= 0.6 is 24.0 Å². The third-order valence-corrected chi connectivity index (χ3v) is 9.18. The first-order valence-corrected chi connectivity index (χ1v) is 13.3. The molecule has 0 radical (unpaired) electrons. The summed E-state index contributed by atoms with van der Waals surface area (Å²) in [6.45, 7) is 1.08. The van der Waals surface area contributed by atoms with E-state index < -0.39 is 33.1 Å². The highest BCUT2D eigenvalue weighted by Gasteiger charge is 2.47.